The summed E-state index contributed by atoms with van der Waals surface area (Å²) in [4.78, 5) is 24.8. The number of carboxylic acid groups (broad SMARTS) is 1. The summed E-state index contributed by atoms with van der Waals surface area (Å²) in [6.07, 6.45) is 4.11. The maximum atomic E-state index is 13.0. The normalized spacial score (nSPS) is 29.0. The molecule has 24 heavy (non-hydrogen) atoms. The molecular weight excluding hydrogens is 336 g/mol. The van der Waals surface area contributed by atoms with Crippen molar-refractivity contribution in [1.29, 1.82) is 0 Å². The van der Waals surface area contributed by atoms with Crippen molar-refractivity contribution in [3.05, 3.63) is 28.0 Å². The first kappa shape index (κ1) is 15.4. The van der Waals surface area contributed by atoms with Gasteiger partial charge in [-0.1, -0.05) is 5.16 Å². The highest BCUT2D eigenvalue weighted by atomic mass is 32.2. The van der Waals surface area contributed by atoms with E-state index in [0.29, 0.717) is 9.88 Å². The fourth-order valence-corrected chi connectivity index (χ4v) is 6.41. The Morgan fingerprint density at radius 2 is 1.96 bits per heavy atom. The van der Waals surface area contributed by atoms with E-state index in [9.17, 15) is 23.1 Å². The van der Waals surface area contributed by atoms with Crippen LogP contribution in [-0.2, 0) is 19.6 Å². The lowest BCUT2D eigenvalue weighted by atomic mass is 9.71. The van der Waals surface area contributed by atoms with Gasteiger partial charge in [0.25, 0.3) is 15.9 Å². The maximum Gasteiger partial charge on any atom is 0.332 e. The molecule has 0 saturated heterocycles. The van der Waals surface area contributed by atoms with Crippen molar-refractivity contribution in [2.45, 2.75) is 38.6 Å². The number of hydrogen-bond acceptors (Lipinski definition) is 6. The van der Waals surface area contributed by atoms with E-state index >= 15 is 0 Å². The number of fused-ring (bicyclic) bond motifs is 2. The number of hydrogen-bond donors (Lipinski definition) is 1. The number of aromatic nitrogens is 1. The zero-order valence-electron chi connectivity index (χ0n) is 12.9. The van der Waals surface area contributed by atoms with Gasteiger partial charge in [0.2, 0.25) is 0 Å². The molecule has 1 aromatic rings. The lowest BCUT2D eigenvalue weighted by molar-refractivity contribution is -0.145. The molecular formula is C15H16N2O6S. The number of carbonyl (C=O) groups is 2. The molecule has 1 N–H and O–H groups in total. The standard InChI is InChI=1S/C15H16N2O6S/c1-7-10(6-23-16-7)12(15(19)20)17-14(18)11-8-2-4-9(5-3-8)13(11)24(17,21)22/h6,8-9,12H,2-5H2,1H3,(H,19,20). The van der Waals surface area contributed by atoms with E-state index in [2.05, 4.69) is 5.16 Å². The molecule has 3 aliphatic carbocycles. The van der Waals surface area contributed by atoms with Crippen molar-refractivity contribution in [3.8, 4) is 0 Å². The van der Waals surface area contributed by atoms with Crippen molar-refractivity contribution in [1.82, 2.24) is 9.46 Å². The van der Waals surface area contributed by atoms with Crippen LogP contribution in [0.2, 0.25) is 0 Å². The van der Waals surface area contributed by atoms with E-state index in [0.717, 1.165) is 31.9 Å². The second-order valence-corrected chi connectivity index (χ2v) is 8.31. The number of allylic oxidation sites excluding steroid dienone is 1. The van der Waals surface area contributed by atoms with E-state index in [4.69, 9.17) is 4.52 Å². The van der Waals surface area contributed by atoms with Crippen LogP contribution in [0.1, 0.15) is 43.0 Å². The van der Waals surface area contributed by atoms with Gasteiger partial charge in [0.15, 0.2) is 6.04 Å². The monoisotopic (exact) mass is 352 g/mol. The van der Waals surface area contributed by atoms with Crippen LogP contribution in [0.5, 0.6) is 0 Å². The minimum Gasteiger partial charge on any atom is -0.479 e. The Labute approximate surface area is 138 Å². The van der Waals surface area contributed by atoms with Gasteiger partial charge in [0, 0.05) is 11.1 Å². The number of aliphatic carboxylic acids is 1. The highest BCUT2D eigenvalue weighted by molar-refractivity contribution is 7.94. The van der Waals surface area contributed by atoms with Crippen LogP contribution < -0.4 is 0 Å². The molecule has 1 atom stereocenters. The van der Waals surface area contributed by atoms with Crippen LogP contribution in [0.4, 0.5) is 0 Å². The second-order valence-electron chi connectivity index (χ2n) is 6.53. The first-order valence-electron chi connectivity index (χ1n) is 7.80. The molecule has 9 heteroatoms. The maximum absolute atomic E-state index is 13.0. The van der Waals surface area contributed by atoms with E-state index in [1.54, 1.807) is 0 Å². The third-order valence-corrected chi connectivity index (χ3v) is 7.29. The molecule has 1 fully saturated rings. The molecule has 0 radical (unpaired) electrons. The van der Waals surface area contributed by atoms with Crippen molar-refractivity contribution in [2.24, 2.45) is 11.8 Å². The first-order valence-corrected chi connectivity index (χ1v) is 9.24. The van der Waals surface area contributed by atoms with Crippen LogP contribution in [0.25, 0.3) is 0 Å². The molecule has 2 bridgehead atoms. The van der Waals surface area contributed by atoms with Crippen LogP contribution >= 0.6 is 0 Å². The third-order valence-electron chi connectivity index (χ3n) is 5.29. The topological polar surface area (TPSA) is 118 Å². The molecule has 1 aliphatic heterocycles. The largest absolute Gasteiger partial charge is 0.479 e. The highest BCUT2D eigenvalue weighted by Crippen LogP contribution is 2.53. The summed E-state index contributed by atoms with van der Waals surface area (Å²) in [5.74, 6) is -2.39. The van der Waals surface area contributed by atoms with Crippen molar-refractivity contribution in [2.75, 3.05) is 0 Å². The third kappa shape index (κ3) is 1.84. The quantitative estimate of drug-likeness (QED) is 0.872. The predicted molar refractivity (Wildman–Crippen MR) is 79.9 cm³/mol. The Morgan fingerprint density at radius 1 is 1.33 bits per heavy atom. The molecule has 0 spiro atoms. The smallest absolute Gasteiger partial charge is 0.332 e. The van der Waals surface area contributed by atoms with Gasteiger partial charge in [-0.2, -0.15) is 0 Å². The molecule has 1 unspecified atom stereocenters. The van der Waals surface area contributed by atoms with Gasteiger partial charge >= 0.3 is 5.97 Å². The van der Waals surface area contributed by atoms with Gasteiger partial charge in [-0.3, -0.25) is 4.79 Å². The molecule has 1 amide bonds. The highest BCUT2D eigenvalue weighted by Gasteiger charge is 2.56. The average molecular weight is 352 g/mol. The van der Waals surface area contributed by atoms with Gasteiger partial charge in [0.05, 0.1) is 10.6 Å². The van der Waals surface area contributed by atoms with Gasteiger partial charge in [-0.25, -0.2) is 17.5 Å². The Morgan fingerprint density at radius 3 is 2.46 bits per heavy atom. The van der Waals surface area contributed by atoms with E-state index < -0.39 is 27.9 Å². The molecule has 8 nitrogen and oxygen atoms in total. The Balaban J connectivity index is 1.87. The average Bonchev–Trinajstić information content (AvgIpc) is 3.05. The number of carbonyl (C=O) groups excluding carboxylic acids is 1. The first-order chi connectivity index (χ1) is 11.3. The summed E-state index contributed by atoms with van der Waals surface area (Å²) in [6.45, 7) is 1.51. The number of sulfonamides is 1. The van der Waals surface area contributed by atoms with Gasteiger partial charge in [-0.15, -0.1) is 0 Å². The number of carboxylic acids is 1. The molecule has 0 aromatic carbocycles. The number of amides is 1. The zero-order chi connectivity index (χ0) is 17.2. The molecule has 128 valence electrons. The van der Waals surface area contributed by atoms with Crippen LogP contribution in [-0.4, -0.2) is 34.9 Å². The predicted octanol–water partition coefficient (Wildman–Crippen LogP) is 1.35. The number of nitrogens with zero attached hydrogens (tertiary/aromatic N) is 2. The molecule has 5 rings (SSSR count). The van der Waals surface area contributed by atoms with E-state index in [1.807, 2.05) is 0 Å². The van der Waals surface area contributed by atoms with Crippen molar-refractivity contribution < 1.29 is 27.6 Å². The Hall–Kier alpha value is -2.16. The summed E-state index contributed by atoms with van der Waals surface area (Å²) in [7, 11) is -4.14. The van der Waals surface area contributed by atoms with Crippen molar-refractivity contribution >= 4 is 21.9 Å². The summed E-state index contributed by atoms with van der Waals surface area (Å²) >= 11 is 0. The summed E-state index contributed by atoms with van der Waals surface area (Å²) in [5, 5.41) is 13.2. The van der Waals surface area contributed by atoms with Crippen LogP contribution in [0.3, 0.4) is 0 Å². The number of rotatable bonds is 3. The summed E-state index contributed by atoms with van der Waals surface area (Å²) in [5.41, 5.74) is 0.628. The van der Waals surface area contributed by atoms with Gasteiger partial charge in [0.1, 0.15) is 6.26 Å². The fraction of sp³-hybridized carbons (Fsp3) is 0.533. The lowest BCUT2D eigenvalue weighted by Crippen LogP contribution is -2.40. The van der Waals surface area contributed by atoms with Crippen LogP contribution in [0, 0.1) is 18.8 Å². The summed E-state index contributed by atoms with van der Waals surface area (Å²) < 4.78 is 31.3. The Kier molecular flexibility index (Phi) is 3.15. The van der Waals surface area contributed by atoms with E-state index in [-0.39, 0.29) is 28.0 Å². The SMILES string of the molecule is Cc1nocc1C(C(=O)O)N1C(=O)C2=C(C3CCC2CC3)S1(=O)=O. The zero-order valence-corrected chi connectivity index (χ0v) is 13.7. The Bertz CT molecular complexity index is 876. The molecule has 1 saturated carbocycles. The minimum absolute atomic E-state index is 0.0756. The van der Waals surface area contributed by atoms with Gasteiger partial charge in [-0.05, 0) is 44.4 Å². The number of aryl methyl sites for hydroxylation is 1. The summed E-state index contributed by atoms with van der Waals surface area (Å²) in [6, 6.07) is -1.65. The minimum atomic E-state index is -4.14. The fourth-order valence-electron chi connectivity index (χ4n) is 4.21. The van der Waals surface area contributed by atoms with Crippen molar-refractivity contribution in [3.63, 3.8) is 0 Å². The molecule has 2 heterocycles. The van der Waals surface area contributed by atoms with Crippen LogP contribution in [0.15, 0.2) is 21.3 Å². The lowest BCUT2D eigenvalue weighted by Gasteiger charge is -2.34. The van der Waals surface area contributed by atoms with Gasteiger partial charge < -0.3 is 9.63 Å². The molecule has 4 aliphatic rings. The van der Waals surface area contributed by atoms with E-state index in [1.165, 1.54) is 6.92 Å². The molecule has 1 aromatic heterocycles. The second kappa shape index (κ2) is 4.92.